The van der Waals surface area contributed by atoms with Gasteiger partial charge in [-0.1, -0.05) is 60.1 Å². The molecule has 0 radical (unpaired) electrons. The van der Waals surface area contributed by atoms with Crippen LogP contribution in [0.3, 0.4) is 0 Å². The Balaban J connectivity index is 1.23. The van der Waals surface area contributed by atoms with E-state index in [-0.39, 0.29) is 17.2 Å². The molecule has 2 aliphatic heterocycles. The van der Waals surface area contributed by atoms with Gasteiger partial charge in [-0.15, -0.1) is 0 Å². The van der Waals surface area contributed by atoms with Crippen LogP contribution in [-0.4, -0.2) is 41.3 Å². The van der Waals surface area contributed by atoms with Crippen molar-refractivity contribution in [2.75, 3.05) is 25.0 Å². The molecule has 3 heterocycles. The molecule has 1 unspecified atom stereocenters. The molecule has 1 spiro atoms. The summed E-state index contributed by atoms with van der Waals surface area (Å²) in [5.74, 6) is 0.347. The number of carbonyl (C=O) groups is 2. The van der Waals surface area contributed by atoms with Crippen molar-refractivity contribution in [2.24, 2.45) is 5.41 Å². The molecule has 2 N–H and O–H groups in total. The molecule has 5 rings (SSSR count). The Morgan fingerprint density at radius 3 is 2.70 bits per heavy atom. The van der Waals surface area contributed by atoms with Gasteiger partial charge in [0.05, 0.1) is 10.6 Å². The van der Waals surface area contributed by atoms with Gasteiger partial charge >= 0.3 is 0 Å². The second-order valence-electron chi connectivity index (χ2n) is 8.95. The fraction of sp³-hybridized carbons (Fsp3) is 0.269. The summed E-state index contributed by atoms with van der Waals surface area (Å²) in [4.78, 5) is 31.3. The summed E-state index contributed by atoms with van der Waals surface area (Å²) in [6.45, 7) is 3.45. The van der Waals surface area contributed by atoms with E-state index in [2.05, 4.69) is 20.5 Å². The average Bonchev–Trinajstić information content (AvgIpc) is 3.40. The van der Waals surface area contributed by atoms with E-state index >= 15 is 0 Å². The van der Waals surface area contributed by atoms with Crippen molar-refractivity contribution < 1.29 is 9.59 Å². The maximum Gasteiger partial charge on any atom is 0.258 e. The van der Waals surface area contributed by atoms with Gasteiger partial charge in [0, 0.05) is 43.2 Å². The van der Waals surface area contributed by atoms with E-state index in [4.69, 9.17) is 11.6 Å². The van der Waals surface area contributed by atoms with E-state index < -0.39 is 0 Å². The van der Waals surface area contributed by atoms with Crippen LogP contribution < -0.4 is 10.6 Å². The SMILES string of the molecule is O=C1CC2(CCN(Cc3ccc(NC(=O)c4cccc(-c5ccccc5)c4Cl)nc3)C2)CN1. The molecular weight excluding hydrogens is 436 g/mol. The van der Waals surface area contributed by atoms with Crippen molar-refractivity contribution in [3.05, 3.63) is 83.0 Å². The van der Waals surface area contributed by atoms with Crippen molar-refractivity contribution >= 4 is 29.2 Å². The molecule has 2 aliphatic rings. The third kappa shape index (κ3) is 4.63. The highest BCUT2D eigenvalue weighted by Crippen LogP contribution is 2.37. The maximum absolute atomic E-state index is 12.9. The lowest BCUT2D eigenvalue weighted by Crippen LogP contribution is -2.29. The highest BCUT2D eigenvalue weighted by atomic mass is 35.5. The number of hydrogen-bond donors (Lipinski definition) is 2. The first kappa shape index (κ1) is 21.6. The van der Waals surface area contributed by atoms with E-state index in [9.17, 15) is 9.59 Å². The summed E-state index contributed by atoms with van der Waals surface area (Å²) in [7, 11) is 0. The predicted molar refractivity (Wildman–Crippen MR) is 129 cm³/mol. The monoisotopic (exact) mass is 460 g/mol. The Hall–Kier alpha value is -3.22. The summed E-state index contributed by atoms with van der Waals surface area (Å²) in [6, 6.07) is 19.0. The number of pyridine rings is 1. The Morgan fingerprint density at radius 1 is 1.12 bits per heavy atom. The first-order valence-electron chi connectivity index (χ1n) is 11.1. The summed E-state index contributed by atoms with van der Waals surface area (Å²) in [5.41, 5.74) is 3.35. The molecule has 2 fully saturated rings. The molecule has 7 heteroatoms. The van der Waals surface area contributed by atoms with E-state index in [1.165, 1.54) is 0 Å². The van der Waals surface area contributed by atoms with Gasteiger partial charge in [0.25, 0.3) is 5.91 Å². The molecule has 1 aromatic heterocycles. The molecule has 0 saturated carbocycles. The summed E-state index contributed by atoms with van der Waals surface area (Å²) >= 11 is 6.57. The number of anilines is 1. The molecule has 168 valence electrons. The second-order valence-corrected chi connectivity index (χ2v) is 9.33. The van der Waals surface area contributed by atoms with Gasteiger partial charge in [-0.3, -0.25) is 14.5 Å². The van der Waals surface area contributed by atoms with E-state index in [1.54, 1.807) is 12.3 Å². The summed E-state index contributed by atoms with van der Waals surface area (Å²) < 4.78 is 0. The fourth-order valence-corrected chi connectivity index (χ4v) is 5.11. The zero-order chi connectivity index (χ0) is 22.8. The number of likely N-dealkylation sites (tertiary alicyclic amines) is 1. The standard InChI is InChI=1S/C26H25ClN4O2/c27-24-20(19-5-2-1-3-6-19)7-4-8-21(24)25(33)30-22-10-9-18(14-28-22)15-31-12-11-26(17-31)13-23(32)29-16-26/h1-10,14H,11-13,15-17H2,(H,29,32)(H,28,30,33). The largest absolute Gasteiger partial charge is 0.355 e. The molecule has 2 amide bonds. The zero-order valence-corrected chi connectivity index (χ0v) is 18.9. The van der Waals surface area contributed by atoms with Crippen LogP contribution in [0.1, 0.15) is 28.8 Å². The van der Waals surface area contributed by atoms with Gasteiger partial charge in [-0.25, -0.2) is 4.98 Å². The van der Waals surface area contributed by atoms with Crippen LogP contribution in [0, 0.1) is 5.41 Å². The van der Waals surface area contributed by atoms with Gasteiger partial charge in [-0.2, -0.15) is 0 Å². The lowest BCUT2D eigenvalue weighted by Gasteiger charge is -2.21. The number of benzene rings is 2. The number of rotatable bonds is 5. The molecule has 2 saturated heterocycles. The minimum absolute atomic E-state index is 0.0893. The Kier molecular flexibility index (Phi) is 5.87. The number of hydrogen-bond acceptors (Lipinski definition) is 4. The third-order valence-corrected chi connectivity index (χ3v) is 6.92. The number of nitrogens with one attached hydrogen (secondary N) is 2. The van der Waals surface area contributed by atoms with E-state index in [0.29, 0.717) is 22.8 Å². The van der Waals surface area contributed by atoms with Crippen molar-refractivity contribution in [3.63, 3.8) is 0 Å². The highest BCUT2D eigenvalue weighted by Gasteiger charge is 2.43. The average molecular weight is 461 g/mol. The van der Waals surface area contributed by atoms with Crippen molar-refractivity contribution in [1.82, 2.24) is 15.2 Å². The van der Waals surface area contributed by atoms with Crippen LogP contribution in [-0.2, 0) is 11.3 Å². The van der Waals surface area contributed by atoms with Crippen molar-refractivity contribution in [2.45, 2.75) is 19.4 Å². The van der Waals surface area contributed by atoms with Crippen LogP contribution in [0.5, 0.6) is 0 Å². The van der Waals surface area contributed by atoms with Crippen LogP contribution in [0.15, 0.2) is 66.9 Å². The van der Waals surface area contributed by atoms with Crippen molar-refractivity contribution in [1.29, 1.82) is 0 Å². The van der Waals surface area contributed by atoms with Crippen molar-refractivity contribution in [3.8, 4) is 11.1 Å². The minimum atomic E-state index is -0.294. The second kappa shape index (κ2) is 8.96. The molecule has 0 aliphatic carbocycles. The lowest BCUT2D eigenvalue weighted by molar-refractivity contribution is -0.119. The number of amides is 2. The van der Waals surface area contributed by atoms with Gasteiger partial charge in [0.1, 0.15) is 5.82 Å². The molecule has 2 aromatic carbocycles. The summed E-state index contributed by atoms with van der Waals surface area (Å²) in [6.07, 6.45) is 3.46. The molecule has 6 nitrogen and oxygen atoms in total. The molecular formula is C26H25ClN4O2. The van der Waals surface area contributed by atoms with E-state index in [1.807, 2.05) is 54.6 Å². The maximum atomic E-state index is 12.9. The summed E-state index contributed by atoms with van der Waals surface area (Å²) in [5, 5.41) is 6.23. The molecule has 33 heavy (non-hydrogen) atoms. The van der Waals surface area contributed by atoms with Gasteiger partial charge in [0.15, 0.2) is 0 Å². The Morgan fingerprint density at radius 2 is 1.97 bits per heavy atom. The number of carbonyl (C=O) groups excluding carboxylic acids is 2. The number of nitrogens with zero attached hydrogens (tertiary/aromatic N) is 2. The molecule has 0 bridgehead atoms. The molecule has 1 atom stereocenters. The number of aromatic nitrogens is 1. The zero-order valence-electron chi connectivity index (χ0n) is 18.2. The van der Waals surface area contributed by atoms with Gasteiger partial charge < -0.3 is 10.6 Å². The van der Waals surface area contributed by atoms with Crippen LogP contribution in [0.4, 0.5) is 5.82 Å². The van der Waals surface area contributed by atoms with Gasteiger partial charge in [0.2, 0.25) is 5.91 Å². The molecule has 3 aromatic rings. The first-order valence-corrected chi connectivity index (χ1v) is 11.5. The first-order chi connectivity index (χ1) is 16.0. The third-order valence-electron chi connectivity index (χ3n) is 6.51. The highest BCUT2D eigenvalue weighted by molar-refractivity contribution is 6.37. The fourth-order valence-electron chi connectivity index (χ4n) is 4.78. The Labute approximate surface area is 198 Å². The smallest absolute Gasteiger partial charge is 0.258 e. The predicted octanol–water partition coefficient (Wildman–Crippen LogP) is 4.37. The lowest BCUT2D eigenvalue weighted by atomic mass is 9.86. The topological polar surface area (TPSA) is 74.3 Å². The van der Waals surface area contributed by atoms with Gasteiger partial charge in [-0.05, 0) is 36.2 Å². The van der Waals surface area contributed by atoms with Crippen LogP contribution in [0.25, 0.3) is 11.1 Å². The van der Waals surface area contributed by atoms with E-state index in [0.717, 1.165) is 49.3 Å². The van der Waals surface area contributed by atoms with Crippen LogP contribution >= 0.6 is 11.6 Å². The minimum Gasteiger partial charge on any atom is -0.355 e. The quantitative estimate of drug-likeness (QED) is 0.593. The van der Waals surface area contributed by atoms with Crippen LogP contribution in [0.2, 0.25) is 5.02 Å². The number of halogens is 1. The normalized spacial score (nSPS) is 20.2. The Bertz CT molecular complexity index is 1180.